The number of aromatic nitrogens is 2. The summed E-state index contributed by atoms with van der Waals surface area (Å²) in [4.78, 5) is 10.9. The summed E-state index contributed by atoms with van der Waals surface area (Å²) in [5.41, 5.74) is 6.27. The van der Waals surface area contributed by atoms with Crippen molar-refractivity contribution >= 4 is 11.7 Å². The van der Waals surface area contributed by atoms with Gasteiger partial charge in [-0.2, -0.15) is 5.10 Å². The maximum Gasteiger partial charge on any atom is 0.246 e. The van der Waals surface area contributed by atoms with Crippen LogP contribution in [0.3, 0.4) is 0 Å². The second kappa shape index (κ2) is 4.46. The van der Waals surface area contributed by atoms with E-state index in [2.05, 4.69) is 20.3 Å². The molecular weight excluding hydrogens is 172 g/mol. The first-order chi connectivity index (χ1) is 6.24. The Kier molecular flexibility index (Phi) is 3.27. The molecule has 0 unspecified atom stereocenters. The number of rotatable bonds is 4. The smallest absolute Gasteiger partial charge is 0.246 e. The summed E-state index contributed by atoms with van der Waals surface area (Å²) >= 11 is 0. The third-order valence-electron chi connectivity index (χ3n) is 1.50. The zero-order valence-corrected chi connectivity index (χ0v) is 7.33. The number of methoxy groups -OCH3 is 1. The molecule has 0 bridgehead atoms. The number of nitrogen functional groups attached to an aromatic ring is 1. The van der Waals surface area contributed by atoms with Crippen LogP contribution in [0.4, 0.5) is 5.82 Å². The van der Waals surface area contributed by atoms with Gasteiger partial charge in [0.25, 0.3) is 0 Å². The van der Waals surface area contributed by atoms with E-state index < -0.39 is 0 Å². The predicted octanol–water partition coefficient (Wildman–Crippen LogP) is -0.745. The second-order valence-electron chi connectivity index (χ2n) is 2.52. The van der Waals surface area contributed by atoms with Crippen molar-refractivity contribution in [1.82, 2.24) is 15.5 Å². The van der Waals surface area contributed by atoms with Gasteiger partial charge in [0.15, 0.2) is 0 Å². The number of amides is 1. The first kappa shape index (κ1) is 9.53. The first-order valence-corrected chi connectivity index (χ1v) is 3.77. The molecule has 1 heterocycles. The Labute approximate surface area is 75.5 Å². The number of H-pyrrole nitrogens is 1. The minimum atomic E-state index is -0.178. The molecule has 0 aliphatic carbocycles. The van der Waals surface area contributed by atoms with Crippen LogP contribution in [0.5, 0.6) is 0 Å². The van der Waals surface area contributed by atoms with Gasteiger partial charge in [-0.1, -0.05) is 0 Å². The highest BCUT2D eigenvalue weighted by Crippen LogP contribution is 2.04. The topological polar surface area (TPSA) is 93.0 Å². The first-order valence-electron chi connectivity index (χ1n) is 3.77. The van der Waals surface area contributed by atoms with Crippen molar-refractivity contribution in [3.05, 3.63) is 11.8 Å². The lowest BCUT2D eigenvalue weighted by Crippen LogP contribution is -2.26. The van der Waals surface area contributed by atoms with Crippen LogP contribution in [0.25, 0.3) is 0 Å². The van der Waals surface area contributed by atoms with E-state index in [0.29, 0.717) is 12.4 Å². The number of hydrogen-bond donors (Lipinski definition) is 3. The molecule has 6 nitrogen and oxygen atoms in total. The fraction of sp³-hybridized carbons (Fsp3) is 0.429. The SMILES string of the molecule is COCC(=O)NCc1cn[nH]c1N. The highest BCUT2D eigenvalue weighted by molar-refractivity contribution is 5.77. The number of aromatic amines is 1. The zero-order chi connectivity index (χ0) is 9.68. The Morgan fingerprint density at radius 1 is 1.85 bits per heavy atom. The number of carbonyl (C=O) groups excluding carboxylic acids is 1. The number of hydrogen-bond acceptors (Lipinski definition) is 4. The Morgan fingerprint density at radius 3 is 3.15 bits per heavy atom. The van der Waals surface area contributed by atoms with Crippen molar-refractivity contribution in [2.45, 2.75) is 6.54 Å². The molecule has 0 saturated carbocycles. The molecule has 4 N–H and O–H groups in total. The van der Waals surface area contributed by atoms with Gasteiger partial charge < -0.3 is 15.8 Å². The highest BCUT2D eigenvalue weighted by atomic mass is 16.5. The summed E-state index contributed by atoms with van der Waals surface area (Å²) in [6.45, 7) is 0.419. The van der Waals surface area contributed by atoms with Crippen LogP contribution < -0.4 is 11.1 Å². The molecule has 0 spiro atoms. The van der Waals surface area contributed by atoms with Crippen LogP contribution in [0.2, 0.25) is 0 Å². The molecule has 1 aromatic heterocycles. The number of nitrogens with one attached hydrogen (secondary N) is 2. The zero-order valence-electron chi connectivity index (χ0n) is 7.33. The van der Waals surface area contributed by atoms with E-state index >= 15 is 0 Å². The third-order valence-corrected chi connectivity index (χ3v) is 1.50. The van der Waals surface area contributed by atoms with Gasteiger partial charge in [-0.15, -0.1) is 0 Å². The average Bonchev–Trinajstić information content (AvgIpc) is 2.48. The van der Waals surface area contributed by atoms with Crippen molar-refractivity contribution in [3.8, 4) is 0 Å². The second-order valence-corrected chi connectivity index (χ2v) is 2.52. The molecule has 6 heteroatoms. The number of ether oxygens (including phenoxy) is 1. The third kappa shape index (κ3) is 2.75. The minimum Gasteiger partial charge on any atom is -0.384 e. The normalized spacial score (nSPS) is 9.92. The van der Waals surface area contributed by atoms with Gasteiger partial charge in [0.1, 0.15) is 12.4 Å². The van der Waals surface area contributed by atoms with Crippen molar-refractivity contribution in [2.75, 3.05) is 19.5 Å². The molecule has 0 aliphatic rings. The van der Waals surface area contributed by atoms with Gasteiger partial charge in [-0.3, -0.25) is 9.89 Å². The number of nitrogens with two attached hydrogens (primary N) is 1. The van der Waals surface area contributed by atoms with E-state index in [0.717, 1.165) is 5.56 Å². The monoisotopic (exact) mass is 184 g/mol. The fourth-order valence-corrected chi connectivity index (χ4v) is 0.838. The van der Waals surface area contributed by atoms with E-state index in [1.54, 1.807) is 6.20 Å². The van der Waals surface area contributed by atoms with Crippen molar-refractivity contribution in [3.63, 3.8) is 0 Å². The Morgan fingerprint density at radius 2 is 2.62 bits per heavy atom. The standard InChI is InChI=1S/C7H12N4O2/c1-13-4-6(12)9-2-5-3-10-11-7(5)8/h3H,2,4H2,1H3,(H,9,12)(H3,8,10,11). The maximum absolute atomic E-state index is 10.9. The largest absolute Gasteiger partial charge is 0.384 e. The number of anilines is 1. The molecule has 72 valence electrons. The molecular formula is C7H12N4O2. The summed E-state index contributed by atoms with van der Waals surface area (Å²) < 4.78 is 4.64. The summed E-state index contributed by atoms with van der Waals surface area (Å²) in [6.07, 6.45) is 1.57. The quantitative estimate of drug-likeness (QED) is 0.574. The molecule has 1 rings (SSSR count). The lowest BCUT2D eigenvalue weighted by Gasteiger charge is -2.02. The van der Waals surface area contributed by atoms with Crippen LogP contribution in [-0.2, 0) is 16.1 Å². The van der Waals surface area contributed by atoms with Gasteiger partial charge in [0.05, 0.1) is 6.20 Å². The predicted molar refractivity (Wildman–Crippen MR) is 46.7 cm³/mol. The molecule has 0 saturated heterocycles. The summed E-state index contributed by atoms with van der Waals surface area (Å²) in [6, 6.07) is 0. The highest BCUT2D eigenvalue weighted by Gasteiger charge is 2.03. The molecule has 13 heavy (non-hydrogen) atoms. The van der Waals surface area contributed by atoms with Crippen LogP contribution in [0.1, 0.15) is 5.56 Å². The van der Waals surface area contributed by atoms with E-state index in [-0.39, 0.29) is 12.5 Å². The van der Waals surface area contributed by atoms with Crippen molar-refractivity contribution < 1.29 is 9.53 Å². The summed E-state index contributed by atoms with van der Waals surface area (Å²) in [5.74, 6) is 0.292. The molecule has 0 atom stereocenters. The molecule has 1 amide bonds. The summed E-state index contributed by atoms with van der Waals surface area (Å²) in [7, 11) is 1.46. The van der Waals surface area contributed by atoms with Gasteiger partial charge in [-0.05, 0) is 0 Å². The lowest BCUT2D eigenvalue weighted by atomic mass is 10.3. The van der Waals surface area contributed by atoms with Gasteiger partial charge in [-0.25, -0.2) is 0 Å². The van der Waals surface area contributed by atoms with E-state index in [1.807, 2.05) is 0 Å². The molecule has 0 aromatic carbocycles. The molecule has 1 aromatic rings. The number of nitrogens with zero attached hydrogens (tertiary/aromatic N) is 1. The van der Waals surface area contributed by atoms with Crippen LogP contribution in [-0.4, -0.2) is 29.8 Å². The Hall–Kier alpha value is -1.56. The van der Waals surface area contributed by atoms with Crippen LogP contribution in [0, 0.1) is 0 Å². The molecule has 0 fully saturated rings. The Bertz CT molecular complexity index is 284. The van der Waals surface area contributed by atoms with Gasteiger partial charge in [0.2, 0.25) is 5.91 Å². The summed E-state index contributed by atoms with van der Waals surface area (Å²) in [5, 5.41) is 8.91. The van der Waals surface area contributed by atoms with Crippen molar-refractivity contribution in [2.24, 2.45) is 0 Å². The lowest BCUT2D eigenvalue weighted by molar-refractivity contribution is -0.124. The van der Waals surface area contributed by atoms with Gasteiger partial charge >= 0.3 is 0 Å². The maximum atomic E-state index is 10.9. The fourth-order valence-electron chi connectivity index (χ4n) is 0.838. The Balaban J connectivity index is 2.35. The van der Waals surface area contributed by atoms with Crippen LogP contribution >= 0.6 is 0 Å². The van der Waals surface area contributed by atoms with E-state index in [1.165, 1.54) is 7.11 Å². The molecule has 0 radical (unpaired) electrons. The minimum absolute atomic E-state index is 0.0533. The molecule has 0 aliphatic heterocycles. The van der Waals surface area contributed by atoms with Gasteiger partial charge in [0, 0.05) is 19.2 Å². The van der Waals surface area contributed by atoms with Crippen LogP contribution in [0.15, 0.2) is 6.20 Å². The van der Waals surface area contributed by atoms with E-state index in [4.69, 9.17) is 5.73 Å². The average molecular weight is 184 g/mol. The van der Waals surface area contributed by atoms with E-state index in [9.17, 15) is 4.79 Å². The van der Waals surface area contributed by atoms with Crippen molar-refractivity contribution in [1.29, 1.82) is 0 Å². The number of carbonyl (C=O) groups is 1.